The van der Waals surface area contributed by atoms with Crippen molar-refractivity contribution in [2.75, 3.05) is 25.0 Å². The summed E-state index contributed by atoms with van der Waals surface area (Å²) in [5.74, 6) is 0. The number of nitrogens with zero attached hydrogens (tertiary/aromatic N) is 1. The highest BCUT2D eigenvalue weighted by molar-refractivity contribution is 7.14. The Balaban J connectivity index is 1.74. The molecule has 1 N–H and O–H groups in total. The Kier molecular flexibility index (Phi) is 3.43. The molecule has 0 saturated carbocycles. The van der Waals surface area contributed by atoms with Gasteiger partial charge in [0.05, 0.1) is 5.00 Å². The standard InChI is InChI=1S/C11H18N2S/c1-13(11-5-3-9-14-11)8-6-10-4-2-7-12-10/h3,5,9-10,12H,2,4,6-8H2,1H3. The van der Waals surface area contributed by atoms with E-state index in [1.54, 1.807) is 0 Å². The number of thiophene rings is 1. The lowest BCUT2D eigenvalue weighted by atomic mass is 10.1. The first kappa shape index (κ1) is 9.99. The number of nitrogens with one attached hydrogen (secondary N) is 1. The molecule has 0 amide bonds. The molecular formula is C11H18N2S. The molecule has 1 aliphatic heterocycles. The molecule has 1 aliphatic rings. The molecule has 1 aromatic heterocycles. The van der Waals surface area contributed by atoms with E-state index in [1.807, 2.05) is 11.3 Å². The highest BCUT2D eigenvalue weighted by atomic mass is 32.1. The van der Waals surface area contributed by atoms with Crippen LogP contribution in [-0.2, 0) is 0 Å². The maximum atomic E-state index is 3.53. The van der Waals surface area contributed by atoms with Crippen LogP contribution in [0.25, 0.3) is 0 Å². The predicted octanol–water partition coefficient (Wildman–Crippen LogP) is 2.33. The molecule has 14 heavy (non-hydrogen) atoms. The van der Waals surface area contributed by atoms with E-state index in [4.69, 9.17) is 0 Å². The average molecular weight is 210 g/mol. The second-order valence-corrected chi connectivity index (χ2v) is 4.88. The van der Waals surface area contributed by atoms with Gasteiger partial charge in [0, 0.05) is 19.6 Å². The third-order valence-electron chi connectivity index (χ3n) is 2.86. The molecule has 0 aliphatic carbocycles. The topological polar surface area (TPSA) is 15.3 Å². The second kappa shape index (κ2) is 4.80. The lowest BCUT2D eigenvalue weighted by molar-refractivity contribution is 0.560. The third-order valence-corrected chi connectivity index (χ3v) is 3.84. The van der Waals surface area contributed by atoms with Crippen molar-refractivity contribution in [2.45, 2.75) is 25.3 Å². The summed E-state index contributed by atoms with van der Waals surface area (Å²) in [6.45, 7) is 2.38. The zero-order valence-corrected chi connectivity index (χ0v) is 9.52. The summed E-state index contributed by atoms with van der Waals surface area (Å²) < 4.78 is 0. The smallest absolute Gasteiger partial charge is 0.0905 e. The van der Waals surface area contributed by atoms with Gasteiger partial charge in [-0.25, -0.2) is 0 Å². The van der Waals surface area contributed by atoms with E-state index in [0.717, 1.165) is 12.6 Å². The first-order valence-corrected chi connectivity index (χ1v) is 6.22. The molecule has 78 valence electrons. The summed E-state index contributed by atoms with van der Waals surface area (Å²) in [6.07, 6.45) is 3.99. The summed E-state index contributed by atoms with van der Waals surface area (Å²) in [4.78, 5) is 2.35. The lowest BCUT2D eigenvalue weighted by Crippen LogP contribution is -2.27. The molecule has 1 aromatic rings. The van der Waals surface area contributed by atoms with Crippen LogP contribution in [0.15, 0.2) is 17.5 Å². The summed E-state index contributed by atoms with van der Waals surface area (Å²) >= 11 is 1.82. The molecule has 0 spiro atoms. The van der Waals surface area contributed by atoms with Crippen LogP contribution in [0.5, 0.6) is 0 Å². The number of anilines is 1. The van der Waals surface area contributed by atoms with Gasteiger partial charge in [-0.1, -0.05) is 0 Å². The van der Waals surface area contributed by atoms with Gasteiger partial charge in [-0.15, -0.1) is 11.3 Å². The molecule has 0 radical (unpaired) electrons. The molecule has 1 unspecified atom stereocenters. The lowest BCUT2D eigenvalue weighted by Gasteiger charge is -2.19. The first-order chi connectivity index (χ1) is 6.86. The summed E-state index contributed by atoms with van der Waals surface area (Å²) in [5, 5.41) is 7.05. The predicted molar refractivity (Wildman–Crippen MR) is 63.2 cm³/mol. The summed E-state index contributed by atoms with van der Waals surface area (Å²) in [7, 11) is 2.18. The summed E-state index contributed by atoms with van der Waals surface area (Å²) in [5.41, 5.74) is 0. The molecule has 1 saturated heterocycles. The largest absolute Gasteiger partial charge is 0.366 e. The zero-order valence-electron chi connectivity index (χ0n) is 8.70. The van der Waals surface area contributed by atoms with Gasteiger partial charge in [0.2, 0.25) is 0 Å². The second-order valence-electron chi connectivity index (χ2n) is 3.95. The molecule has 0 aromatic carbocycles. The Morgan fingerprint density at radius 1 is 1.64 bits per heavy atom. The van der Waals surface area contributed by atoms with Gasteiger partial charge in [-0.2, -0.15) is 0 Å². The fourth-order valence-corrected chi connectivity index (χ4v) is 2.67. The fourth-order valence-electron chi connectivity index (χ4n) is 1.95. The quantitative estimate of drug-likeness (QED) is 0.820. The van der Waals surface area contributed by atoms with Crippen molar-refractivity contribution in [3.8, 4) is 0 Å². The van der Waals surface area contributed by atoms with Crippen molar-refractivity contribution in [1.29, 1.82) is 0 Å². The first-order valence-electron chi connectivity index (χ1n) is 5.34. The average Bonchev–Trinajstić information content (AvgIpc) is 2.87. The molecule has 2 rings (SSSR count). The van der Waals surface area contributed by atoms with Gasteiger partial charge in [-0.3, -0.25) is 0 Å². The van der Waals surface area contributed by atoms with Crippen molar-refractivity contribution in [3.05, 3.63) is 17.5 Å². The molecule has 1 atom stereocenters. The van der Waals surface area contributed by atoms with Crippen molar-refractivity contribution in [2.24, 2.45) is 0 Å². The SMILES string of the molecule is CN(CCC1CCCN1)c1cccs1. The van der Waals surface area contributed by atoms with E-state index < -0.39 is 0 Å². The Morgan fingerprint density at radius 2 is 2.57 bits per heavy atom. The number of hydrogen-bond donors (Lipinski definition) is 1. The molecule has 0 bridgehead atoms. The Labute approximate surface area is 89.9 Å². The van der Waals surface area contributed by atoms with Crippen LogP contribution >= 0.6 is 11.3 Å². The zero-order chi connectivity index (χ0) is 9.80. The highest BCUT2D eigenvalue weighted by Gasteiger charge is 2.14. The maximum Gasteiger partial charge on any atom is 0.0905 e. The van der Waals surface area contributed by atoms with Crippen LogP contribution < -0.4 is 10.2 Å². The Bertz CT molecular complexity index is 252. The van der Waals surface area contributed by atoms with E-state index in [9.17, 15) is 0 Å². The van der Waals surface area contributed by atoms with Gasteiger partial charge in [0.15, 0.2) is 0 Å². The van der Waals surface area contributed by atoms with Crippen LogP contribution in [0.1, 0.15) is 19.3 Å². The van der Waals surface area contributed by atoms with E-state index >= 15 is 0 Å². The van der Waals surface area contributed by atoms with E-state index in [1.165, 1.54) is 30.8 Å². The molecule has 2 heterocycles. The van der Waals surface area contributed by atoms with Crippen molar-refractivity contribution in [3.63, 3.8) is 0 Å². The minimum absolute atomic E-state index is 0.761. The van der Waals surface area contributed by atoms with E-state index in [-0.39, 0.29) is 0 Å². The van der Waals surface area contributed by atoms with Crippen LogP contribution in [0.4, 0.5) is 5.00 Å². The molecule has 3 heteroatoms. The maximum absolute atomic E-state index is 3.53. The third kappa shape index (κ3) is 2.49. The van der Waals surface area contributed by atoms with Crippen molar-refractivity contribution >= 4 is 16.3 Å². The molecule has 1 fully saturated rings. The minimum atomic E-state index is 0.761. The van der Waals surface area contributed by atoms with Crippen molar-refractivity contribution < 1.29 is 0 Å². The van der Waals surface area contributed by atoms with Crippen molar-refractivity contribution in [1.82, 2.24) is 5.32 Å². The van der Waals surface area contributed by atoms with Gasteiger partial charge >= 0.3 is 0 Å². The molecule has 2 nitrogen and oxygen atoms in total. The summed E-state index contributed by atoms with van der Waals surface area (Å²) in [6, 6.07) is 5.06. The monoisotopic (exact) mass is 210 g/mol. The highest BCUT2D eigenvalue weighted by Crippen LogP contribution is 2.20. The van der Waals surface area contributed by atoms with Gasteiger partial charge in [0.25, 0.3) is 0 Å². The van der Waals surface area contributed by atoms with Crippen LogP contribution in [-0.4, -0.2) is 26.2 Å². The number of rotatable bonds is 4. The van der Waals surface area contributed by atoms with Crippen LogP contribution in [0, 0.1) is 0 Å². The number of hydrogen-bond acceptors (Lipinski definition) is 3. The van der Waals surface area contributed by atoms with Crippen LogP contribution in [0.3, 0.4) is 0 Å². The van der Waals surface area contributed by atoms with E-state index in [0.29, 0.717) is 0 Å². The molecular weight excluding hydrogens is 192 g/mol. The van der Waals surface area contributed by atoms with Gasteiger partial charge in [-0.05, 0) is 43.3 Å². The van der Waals surface area contributed by atoms with Crippen LogP contribution in [0.2, 0.25) is 0 Å². The van der Waals surface area contributed by atoms with Gasteiger partial charge < -0.3 is 10.2 Å². The Hall–Kier alpha value is -0.540. The fraction of sp³-hybridized carbons (Fsp3) is 0.636. The van der Waals surface area contributed by atoms with Gasteiger partial charge in [0.1, 0.15) is 0 Å². The minimum Gasteiger partial charge on any atom is -0.366 e. The van der Waals surface area contributed by atoms with E-state index in [2.05, 4.69) is 34.8 Å². The normalized spacial score (nSPS) is 21.4. The Morgan fingerprint density at radius 3 is 3.21 bits per heavy atom.